The average Bonchev–Trinajstić information content (AvgIpc) is 2.65. The van der Waals surface area contributed by atoms with Crippen molar-refractivity contribution < 1.29 is 8.42 Å². The molecule has 152 valence electrons. The lowest BCUT2D eigenvalue weighted by molar-refractivity contribution is 0.601. The molecule has 0 atom stereocenters. The molecule has 2 aromatic carbocycles. The van der Waals surface area contributed by atoms with Gasteiger partial charge in [0.05, 0.1) is 11.4 Å². The van der Waals surface area contributed by atoms with E-state index in [9.17, 15) is 8.42 Å². The summed E-state index contributed by atoms with van der Waals surface area (Å²) in [5.41, 5.74) is 4.39. The van der Waals surface area contributed by atoms with Crippen LogP contribution in [0.5, 0.6) is 0 Å². The summed E-state index contributed by atoms with van der Waals surface area (Å²) in [5.74, 6) is 0.762. The molecule has 0 spiro atoms. The van der Waals surface area contributed by atoms with E-state index >= 15 is 0 Å². The van der Waals surface area contributed by atoms with Crippen LogP contribution in [-0.2, 0) is 29.2 Å². The lowest BCUT2D eigenvalue weighted by Crippen LogP contribution is -2.38. The third kappa shape index (κ3) is 6.68. The molecule has 0 saturated carbocycles. The lowest BCUT2D eigenvalue weighted by Gasteiger charge is -2.12. The van der Waals surface area contributed by atoms with Crippen LogP contribution in [0.15, 0.2) is 52.4 Å². The quantitative estimate of drug-likeness (QED) is 0.526. The maximum Gasteiger partial charge on any atom is 0.191 e. The highest BCUT2D eigenvalue weighted by Gasteiger charge is 2.10. The third-order valence-electron chi connectivity index (χ3n) is 4.54. The molecule has 2 aromatic rings. The molecule has 0 fully saturated rings. The zero-order chi connectivity index (χ0) is 20.6. The third-order valence-corrected chi connectivity index (χ3v) is 5.80. The standard InChI is InChI=1S/C22H31N3O2S/c1-5-18-7-9-19(10-8-18)13-14-24-22(23-6-2)25-16-20-11-12-21(17(3)15-20)28(4,26)27/h7-12,15H,5-6,13-14,16H2,1-4H3,(H2,23,24,25). The molecule has 2 rings (SSSR count). The normalized spacial score (nSPS) is 12.1. The fraction of sp³-hybridized carbons (Fsp3) is 0.409. The molecule has 6 heteroatoms. The summed E-state index contributed by atoms with van der Waals surface area (Å²) in [5, 5.41) is 6.61. The second-order valence-electron chi connectivity index (χ2n) is 6.91. The van der Waals surface area contributed by atoms with Crippen LogP contribution >= 0.6 is 0 Å². The highest BCUT2D eigenvalue weighted by molar-refractivity contribution is 7.90. The molecule has 0 bridgehead atoms. The Morgan fingerprint density at radius 2 is 1.61 bits per heavy atom. The number of benzene rings is 2. The Morgan fingerprint density at radius 3 is 2.18 bits per heavy atom. The molecule has 0 aliphatic rings. The van der Waals surface area contributed by atoms with Gasteiger partial charge in [-0.1, -0.05) is 43.3 Å². The van der Waals surface area contributed by atoms with Crippen molar-refractivity contribution in [1.82, 2.24) is 10.6 Å². The molecule has 0 heterocycles. The summed E-state index contributed by atoms with van der Waals surface area (Å²) >= 11 is 0. The summed E-state index contributed by atoms with van der Waals surface area (Å²) in [6.45, 7) is 8.08. The second kappa shape index (κ2) is 10.3. The molecule has 0 aliphatic carbocycles. The number of aliphatic imine (C=N–C) groups is 1. The van der Waals surface area contributed by atoms with Gasteiger partial charge in [0.15, 0.2) is 15.8 Å². The van der Waals surface area contributed by atoms with Crippen molar-refractivity contribution in [3.05, 3.63) is 64.7 Å². The van der Waals surface area contributed by atoms with Gasteiger partial charge in [-0.15, -0.1) is 0 Å². The fourth-order valence-electron chi connectivity index (χ4n) is 3.00. The minimum atomic E-state index is -3.19. The SMILES string of the molecule is CCNC(=NCc1ccc(S(C)(=O)=O)c(C)c1)NCCc1ccc(CC)cc1. The van der Waals surface area contributed by atoms with Gasteiger partial charge in [-0.25, -0.2) is 13.4 Å². The first kappa shape index (κ1) is 22.0. The number of nitrogens with one attached hydrogen (secondary N) is 2. The van der Waals surface area contributed by atoms with Crippen LogP contribution in [0.3, 0.4) is 0 Å². The summed E-state index contributed by atoms with van der Waals surface area (Å²) in [6.07, 6.45) is 3.22. The first-order chi connectivity index (χ1) is 13.3. The summed E-state index contributed by atoms with van der Waals surface area (Å²) in [6, 6.07) is 14.1. The van der Waals surface area contributed by atoms with E-state index in [1.165, 1.54) is 17.4 Å². The number of guanidine groups is 1. The van der Waals surface area contributed by atoms with E-state index in [4.69, 9.17) is 0 Å². The Labute approximate surface area is 169 Å². The highest BCUT2D eigenvalue weighted by atomic mass is 32.2. The van der Waals surface area contributed by atoms with Gasteiger partial charge < -0.3 is 10.6 Å². The van der Waals surface area contributed by atoms with Crippen LogP contribution in [0, 0.1) is 6.92 Å². The monoisotopic (exact) mass is 401 g/mol. The Morgan fingerprint density at radius 1 is 0.964 bits per heavy atom. The molecule has 2 N–H and O–H groups in total. The van der Waals surface area contributed by atoms with Gasteiger partial charge in [-0.05, 0) is 55.0 Å². The van der Waals surface area contributed by atoms with Crippen molar-refractivity contribution in [1.29, 1.82) is 0 Å². The molecule has 0 aliphatic heterocycles. The number of hydrogen-bond donors (Lipinski definition) is 2. The van der Waals surface area contributed by atoms with E-state index in [0.717, 1.165) is 43.0 Å². The van der Waals surface area contributed by atoms with Crippen molar-refractivity contribution in [2.75, 3.05) is 19.3 Å². The van der Waals surface area contributed by atoms with Crippen molar-refractivity contribution in [3.8, 4) is 0 Å². The van der Waals surface area contributed by atoms with Crippen LogP contribution in [0.1, 0.15) is 36.1 Å². The van der Waals surface area contributed by atoms with E-state index in [2.05, 4.69) is 46.8 Å². The van der Waals surface area contributed by atoms with Gasteiger partial charge in [0.2, 0.25) is 0 Å². The average molecular weight is 402 g/mol. The molecule has 0 aromatic heterocycles. The van der Waals surface area contributed by atoms with Crippen molar-refractivity contribution in [2.24, 2.45) is 4.99 Å². The largest absolute Gasteiger partial charge is 0.357 e. The first-order valence-electron chi connectivity index (χ1n) is 9.73. The summed E-state index contributed by atoms with van der Waals surface area (Å²) in [7, 11) is -3.19. The van der Waals surface area contributed by atoms with Gasteiger partial charge >= 0.3 is 0 Å². The van der Waals surface area contributed by atoms with Gasteiger partial charge in [0.25, 0.3) is 0 Å². The van der Waals surface area contributed by atoms with Crippen molar-refractivity contribution in [2.45, 2.75) is 45.1 Å². The molecule has 0 saturated heterocycles. The topological polar surface area (TPSA) is 70.6 Å². The van der Waals surface area contributed by atoms with Crippen LogP contribution in [0.25, 0.3) is 0 Å². The number of hydrogen-bond acceptors (Lipinski definition) is 3. The van der Waals surface area contributed by atoms with E-state index in [-0.39, 0.29) is 0 Å². The second-order valence-corrected chi connectivity index (χ2v) is 8.90. The minimum Gasteiger partial charge on any atom is -0.357 e. The van der Waals surface area contributed by atoms with E-state index in [0.29, 0.717) is 11.4 Å². The lowest BCUT2D eigenvalue weighted by atomic mass is 10.1. The smallest absolute Gasteiger partial charge is 0.191 e. The molecular weight excluding hydrogens is 370 g/mol. The van der Waals surface area contributed by atoms with Gasteiger partial charge in [0, 0.05) is 19.3 Å². The number of nitrogens with zero attached hydrogens (tertiary/aromatic N) is 1. The molecule has 5 nitrogen and oxygen atoms in total. The molecular formula is C22H31N3O2S. The van der Waals surface area contributed by atoms with E-state index in [1.807, 2.05) is 26.0 Å². The predicted octanol–water partition coefficient (Wildman–Crippen LogP) is 3.26. The maximum absolute atomic E-state index is 11.7. The number of sulfone groups is 1. The molecule has 28 heavy (non-hydrogen) atoms. The Hall–Kier alpha value is -2.34. The maximum atomic E-state index is 11.7. The Balaban J connectivity index is 1.96. The van der Waals surface area contributed by atoms with Crippen molar-refractivity contribution >= 4 is 15.8 Å². The van der Waals surface area contributed by atoms with Gasteiger partial charge in [-0.3, -0.25) is 0 Å². The fourth-order valence-corrected chi connectivity index (χ4v) is 3.96. The Kier molecular flexibility index (Phi) is 8.05. The number of rotatable bonds is 8. The summed E-state index contributed by atoms with van der Waals surface area (Å²) < 4.78 is 23.5. The van der Waals surface area contributed by atoms with Crippen molar-refractivity contribution in [3.63, 3.8) is 0 Å². The van der Waals surface area contributed by atoms with Crippen LogP contribution in [-0.4, -0.2) is 33.7 Å². The molecule has 0 amide bonds. The predicted molar refractivity (Wildman–Crippen MR) is 117 cm³/mol. The van der Waals surface area contributed by atoms with Gasteiger partial charge in [-0.2, -0.15) is 0 Å². The minimum absolute atomic E-state index is 0.374. The van der Waals surface area contributed by atoms with E-state index in [1.54, 1.807) is 6.07 Å². The van der Waals surface area contributed by atoms with Gasteiger partial charge in [0.1, 0.15) is 0 Å². The van der Waals surface area contributed by atoms with E-state index < -0.39 is 9.84 Å². The zero-order valence-electron chi connectivity index (χ0n) is 17.2. The Bertz CT molecular complexity index is 904. The molecule has 0 radical (unpaired) electrons. The van der Waals surface area contributed by atoms with Crippen LogP contribution < -0.4 is 10.6 Å². The van der Waals surface area contributed by atoms with Crippen LogP contribution in [0.4, 0.5) is 0 Å². The molecule has 0 unspecified atom stereocenters. The first-order valence-corrected chi connectivity index (χ1v) is 11.6. The summed E-state index contributed by atoms with van der Waals surface area (Å²) in [4.78, 5) is 4.99. The number of aryl methyl sites for hydroxylation is 2. The zero-order valence-corrected chi connectivity index (χ0v) is 18.1. The highest BCUT2D eigenvalue weighted by Crippen LogP contribution is 2.17. The van der Waals surface area contributed by atoms with Crippen LogP contribution in [0.2, 0.25) is 0 Å².